The quantitative estimate of drug-likeness (QED) is 0.580. The third-order valence-corrected chi connectivity index (χ3v) is 2.28. The number of halogens is 3. The molecule has 0 aromatic heterocycles. The molecule has 15 heavy (non-hydrogen) atoms. The Morgan fingerprint density at radius 3 is 2.13 bits per heavy atom. The van der Waals surface area contributed by atoms with Gasteiger partial charge in [-0.2, -0.15) is 13.2 Å². The van der Waals surface area contributed by atoms with Crippen LogP contribution in [-0.4, -0.2) is 13.0 Å². The largest absolute Gasteiger partial charge is 1.00 e. The summed E-state index contributed by atoms with van der Waals surface area (Å²) in [5, 5.41) is 0. The van der Waals surface area contributed by atoms with Crippen molar-refractivity contribution in [1.82, 2.24) is 0 Å². The first-order valence-electron chi connectivity index (χ1n) is 3.34. The van der Waals surface area contributed by atoms with E-state index in [1.54, 1.807) is 0 Å². The summed E-state index contributed by atoms with van der Waals surface area (Å²) in [6.45, 7) is 0. The summed E-state index contributed by atoms with van der Waals surface area (Å²) in [7, 11) is -4.84. The number of benzene rings is 1. The predicted molar refractivity (Wildman–Crippen MR) is 39.4 cm³/mol. The van der Waals surface area contributed by atoms with Gasteiger partial charge in [0.2, 0.25) is 0 Å². The molecule has 0 radical (unpaired) electrons. The topological polar surface area (TPSA) is 57.2 Å². The van der Waals surface area contributed by atoms with Crippen molar-refractivity contribution in [2.45, 2.75) is 11.1 Å². The van der Waals surface area contributed by atoms with E-state index in [9.17, 15) is 26.1 Å². The Balaban J connectivity index is 0.00000196. The van der Waals surface area contributed by atoms with E-state index in [4.69, 9.17) is 0 Å². The van der Waals surface area contributed by atoms with Crippen LogP contribution in [0.2, 0.25) is 0 Å². The Morgan fingerprint density at radius 1 is 1.20 bits per heavy atom. The molecule has 8 heteroatoms. The minimum atomic E-state index is -4.84. The molecule has 0 atom stereocenters. The van der Waals surface area contributed by atoms with Crippen molar-refractivity contribution in [1.29, 1.82) is 0 Å². The van der Waals surface area contributed by atoms with E-state index < -0.39 is 26.8 Å². The Kier molecular flexibility index (Phi) is 4.56. The SMILES string of the molecule is O=S(=O)([O-])c1cccc(C(F)(F)F)c1.[Ag+]. The van der Waals surface area contributed by atoms with Crippen molar-refractivity contribution in [2.24, 2.45) is 0 Å². The molecule has 0 unspecified atom stereocenters. The average molecular weight is 333 g/mol. The Bertz CT molecular complexity index is 441. The van der Waals surface area contributed by atoms with Gasteiger partial charge in [-0.15, -0.1) is 0 Å². The Morgan fingerprint density at radius 2 is 1.73 bits per heavy atom. The van der Waals surface area contributed by atoms with Crippen LogP contribution in [0, 0.1) is 0 Å². The molecule has 1 aromatic rings. The van der Waals surface area contributed by atoms with E-state index in [2.05, 4.69) is 0 Å². The number of hydrogen-bond donors (Lipinski definition) is 0. The van der Waals surface area contributed by atoms with E-state index >= 15 is 0 Å². The van der Waals surface area contributed by atoms with E-state index in [0.29, 0.717) is 12.1 Å². The second-order valence-corrected chi connectivity index (χ2v) is 3.86. The number of rotatable bonds is 1. The third kappa shape index (κ3) is 3.96. The molecule has 0 aliphatic carbocycles. The molecule has 0 saturated heterocycles. The van der Waals surface area contributed by atoms with Gasteiger partial charge in [-0.1, -0.05) is 6.07 Å². The van der Waals surface area contributed by atoms with Crippen molar-refractivity contribution < 1.29 is 48.5 Å². The maximum absolute atomic E-state index is 12.1. The van der Waals surface area contributed by atoms with Gasteiger partial charge in [0.15, 0.2) is 0 Å². The number of alkyl halides is 3. The Labute approximate surface area is 99.6 Å². The molecular weight excluding hydrogens is 329 g/mol. The molecule has 1 aromatic carbocycles. The molecule has 0 aliphatic heterocycles. The van der Waals surface area contributed by atoms with E-state index in [1.807, 2.05) is 0 Å². The molecule has 0 N–H and O–H groups in total. The fraction of sp³-hybridized carbons (Fsp3) is 0.143. The van der Waals surface area contributed by atoms with Crippen LogP contribution < -0.4 is 0 Å². The summed E-state index contributed by atoms with van der Waals surface area (Å²) >= 11 is 0. The summed E-state index contributed by atoms with van der Waals surface area (Å²) in [4.78, 5) is -0.882. The van der Waals surface area contributed by atoms with Gasteiger partial charge in [-0.3, -0.25) is 0 Å². The monoisotopic (exact) mass is 332 g/mol. The van der Waals surface area contributed by atoms with Gasteiger partial charge in [-0.05, 0) is 18.2 Å². The molecule has 0 saturated carbocycles. The fourth-order valence-corrected chi connectivity index (χ4v) is 1.34. The van der Waals surface area contributed by atoms with E-state index in [1.165, 1.54) is 0 Å². The van der Waals surface area contributed by atoms with Gasteiger partial charge in [0, 0.05) is 0 Å². The third-order valence-electron chi connectivity index (χ3n) is 1.45. The summed E-state index contributed by atoms with van der Waals surface area (Å²) in [6, 6.07) is 2.68. The van der Waals surface area contributed by atoms with E-state index in [0.717, 1.165) is 12.1 Å². The molecular formula is C7H4AgF3O3S. The van der Waals surface area contributed by atoms with Crippen LogP contribution in [0.1, 0.15) is 5.56 Å². The molecule has 1 rings (SSSR count). The van der Waals surface area contributed by atoms with Crippen molar-refractivity contribution in [2.75, 3.05) is 0 Å². The fourth-order valence-electron chi connectivity index (χ4n) is 0.828. The smallest absolute Gasteiger partial charge is 0.744 e. The first-order chi connectivity index (χ1) is 6.21. The van der Waals surface area contributed by atoms with Gasteiger partial charge in [0.05, 0.1) is 10.5 Å². The molecule has 0 spiro atoms. The first kappa shape index (κ1) is 14.7. The summed E-state index contributed by atoms with van der Waals surface area (Å²) in [5.74, 6) is 0. The average Bonchev–Trinajstić information content (AvgIpc) is 2.01. The standard InChI is InChI=1S/C7H5F3O3S.Ag/c8-7(9,10)5-2-1-3-6(4-5)14(11,12)13;/h1-4H,(H,11,12,13);/q;+1/p-1. The molecule has 0 fully saturated rings. The normalized spacial score (nSPS) is 12.0. The minimum Gasteiger partial charge on any atom is -0.744 e. The number of hydrogen-bond acceptors (Lipinski definition) is 3. The predicted octanol–water partition coefficient (Wildman–Crippen LogP) is 1.61. The van der Waals surface area contributed by atoms with Crippen LogP contribution >= 0.6 is 0 Å². The zero-order valence-electron chi connectivity index (χ0n) is 6.88. The maximum atomic E-state index is 12.1. The van der Waals surface area contributed by atoms with Gasteiger partial charge in [0.1, 0.15) is 10.1 Å². The van der Waals surface area contributed by atoms with Crippen LogP contribution in [0.4, 0.5) is 13.2 Å². The van der Waals surface area contributed by atoms with Crippen LogP contribution in [0.25, 0.3) is 0 Å². The minimum absolute atomic E-state index is 0. The zero-order chi connectivity index (χ0) is 11.0. The second kappa shape index (κ2) is 4.67. The van der Waals surface area contributed by atoms with Crippen LogP contribution in [0.5, 0.6) is 0 Å². The van der Waals surface area contributed by atoms with E-state index in [-0.39, 0.29) is 22.4 Å². The molecule has 0 amide bonds. The second-order valence-electron chi connectivity index (χ2n) is 2.48. The van der Waals surface area contributed by atoms with Crippen LogP contribution in [0.15, 0.2) is 29.2 Å². The first-order valence-corrected chi connectivity index (χ1v) is 4.75. The zero-order valence-corrected chi connectivity index (χ0v) is 9.18. The van der Waals surface area contributed by atoms with Crippen LogP contribution in [0.3, 0.4) is 0 Å². The van der Waals surface area contributed by atoms with Gasteiger partial charge in [0.25, 0.3) is 0 Å². The summed E-state index contributed by atoms with van der Waals surface area (Å²) in [5.41, 5.74) is -1.16. The van der Waals surface area contributed by atoms with Gasteiger partial charge in [-0.25, -0.2) is 8.42 Å². The molecule has 0 heterocycles. The van der Waals surface area contributed by atoms with Gasteiger partial charge >= 0.3 is 28.6 Å². The molecule has 88 valence electrons. The van der Waals surface area contributed by atoms with Crippen molar-refractivity contribution >= 4 is 10.1 Å². The van der Waals surface area contributed by atoms with Crippen molar-refractivity contribution in [3.05, 3.63) is 29.8 Å². The summed E-state index contributed by atoms with van der Waals surface area (Å²) < 4.78 is 67.3. The van der Waals surface area contributed by atoms with Crippen molar-refractivity contribution in [3.63, 3.8) is 0 Å². The molecule has 0 aliphatic rings. The molecule has 0 bridgehead atoms. The maximum Gasteiger partial charge on any atom is 1.00 e. The Hall–Kier alpha value is -0.340. The summed E-state index contributed by atoms with van der Waals surface area (Å²) in [6.07, 6.45) is -4.65. The van der Waals surface area contributed by atoms with Crippen molar-refractivity contribution in [3.8, 4) is 0 Å². The van der Waals surface area contributed by atoms with Crippen LogP contribution in [-0.2, 0) is 38.7 Å². The molecule has 3 nitrogen and oxygen atoms in total. The van der Waals surface area contributed by atoms with Gasteiger partial charge < -0.3 is 4.55 Å².